The maximum atomic E-state index is 12.6. The van der Waals surface area contributed by atoms with Gasteiger partial charge in [0, 0.05) is 43.1 Å². The van der Waals surface area contributed by atoms with Crippen LogP contribution in [-0.4, -0.2) is 50.4 Å². The van der Waals surface area contributed by atoms with Crippen LogP contribution in [0.3, 0.4) is 0 Å². The number of likely N-dealkylation sites (N-methyl/N-ethyl adjacent to an activating group) is 1. The zero-order valence-corrected chi connectivity index (χ0v) is 16.6. The molecule has 0 aliphatic heterocycles. The first-order valence-electron chi connectivity index (χ1n) is 8.88. The zero-order valence-electron chi connectivity index (χ0n) is 15.8. The lowest BCUT2D eigenvalue weighted by Crippen LogP contribution is -2.44. The fourth-order valence-corrected chi connectivity index (χ4v) is 2.96. The van der Waals surface area contributed by atoms with Crippen LogP contribution in [0.1, 0.15) is 20.8 Å². The van der Waals surface area contributed by atoms with E-state index in [1.54, 1.807) is 30.4 Å². The van der Waals surface area contributed by atoms with Crippen molar-refractivity contribution in [3.8, 4) is 11.4 Å². The van der Waals surface area contributed by atoms with Gasteiger partial charge < -0.3 is 15.2 Å². The number of H-pyrrole nitrogens is 1. The lowest BCUT2D eigenvalue weighted by molar-refractivity contribution is -0.131. The predicted molar refractivity (Wildman–Crippen MR) is 108 cm³/mol. The number of rotatable bonds is 6. The number of nitrogens with one attached hydrogen (secondary N) is 2. The fourth-order valence-electron chi connectivity index (χ4n) is 2.80. The van der Waals surface area contributed by atoms with Gasteiger partial charge in [-0.3, -0.25) is 4.79 Å². The van der Waals surface area contributed by atoms with Crippen LogP contribution in [0.25, 0.3) is 22.4 Å². The molecule has 0 aliphatic rings. The van der Waals surface area contributed by atoms with Crippen molar-refractivity contribution in [2.45, 2.75) is 26.8 Å². The molecule has 3 aromatic rings. The SMILES string of the molecule is CCN(C)C(=O)[C@H](Nc1ccnc(-c2c[nH]c3ncc(Cl)cc23)n1)C(C)C. The molecule has 0 aliphatic carbocycles. The second kappa shape index (κ2) is 7.92. The van der Waals surface area contributed by atoms with Crippen molar-refractivity contribution in [1.82, 2.24) is 24.8 Å². The molecule has 0 radical (unpaired) electrons. The van der Waals surface area contributed by atoms with Crippen molar-refractivity contribution < 1.29 is 4.79 Å². The molecular weight excluding hydrogens is 364 g/mol. The summed E-state index contributed by atoms with van der Waals surface area (Å²) in [7, 11) is 1.80. The molecule has 1 atom stereocenters. The summed E-state index contributed by atoms with van der Waals surface area (Å²) in [4.78, 5) is 30.7. The van der Waals surface area contributed by atoms with Crippen LogP contribution >= 0.6 is 11.6 Å². The summed E-state index contributed by atoms with van der Waals surface area (Å²) in [6.07, 6.45) is 5.07. The largest absolute Gasteiger partial charge is 0.358 e. The van der Waals surface area contributed by atoms with E-state index in [1.165, 1.54) is 0 Å². The first-order chi connectivity index (χ1) is 12.9. The van der Waals surface area contributed by atoms with E-state index < -0.39 is 0 Å². The van der Waals surface area contributed by atoms with Gasteiger partial charge in [-0.2, -0.15) is 0 Å². The van der Waals surface area contributed by atoms with Crippen molar-refractivity contribution in [1.29, 1.82) is 0 Å². The second-order valence-electron chi connectivity index (χ2n) is 6.74. The van der Waals surface area contributed by atoms with Crippen molar-refractivity contribution >= 4 is 34.4 Å². The molecule has 0 saturated heterocycles. The van der Waals surface area contributed by atoms with Gasteiger partial charge >= 0.3 is 0 Å². The predicted octanol–water partition coefficient (Wildman–Crippen LogP) is 3.59. The quantitative estimate of drug-likeness (QED) is 0.676. The summed E-state index contributed by atoms with van der Waals surface area (Å²) < 4.78 is 0. The van der Waals surface area contributed by atoms with Gasteiger partial charge in [0.25, 0.3) is 0 Å². The number of fused-ring (bicyclic) bond motifs is 1. The highest BCUT2D eigenvalue weighted by atomic mass is 35.5. The molecule has 7 nitrogen and oxygen atoms in total. The standard InChI is InChI=1S/C19H23ClN6O/c1-5-26(4)19(27)16(11(2)3)24-15-6-7-21-18(25-15)14-10-23-17-13(14)8-12(20)9-22-17/h6-11,16H,5H2,1-4H3,(H,22,23)(H,21,24,25)/t16-/m1/s1. The molecular formula is C19H23ClN6O. The van der Waals surface area contributed by atoms with Crippen molar-refractivity contribution in [3.63, 3.8) is 0 Å². The van der Waals surface area contributed by atoms with Gasteiger partial charge in [-0.05, 0) is 25.0 Å². The van der Waals surface area contributed by atoms with Crippen LogP contribution in [0.2, 0.25) is 5.02 Å². The van der Waals surface area contributed by atoms with E-state index in [-0.39, 0.29) is 17.9 Å². The number of pyridine rings is 1. The first kappa shape index (κ1) is 19.1. The number of carbonyl (C=O) groups excluding carboxylic acids is 1. The highest BCUT2D eigenvalue weighted by Gasteiger charge is 2.25. The zero-order chi connectivity index (χ0) is 19.6. The number of anilines is 1. The summed E-state index contributed by atoms with van der Waals surface area (Å²) in [5.74, 6) is 1.28. The van der Waals surface area contributed by atoms with Gasteiger partial charge in [-0.15, -0.1) is 0 Å². The van der Waals surface area contributed by atoms with E-state index in [1.807, 2.05) is 33.0 Å². The minimum atomic E-state index is -0.364. The molecule has 3 rings (SSSR count). The molecule has 2 N–H and O–H groups in total. The Hall–Kier alpha value is -2.67. The Balaban J connectivity index is 1.92. The van der Waals surface area contributed by atoms with E-state index in [2.05, 4.69) is 25.3 Å². The number of carbonyl (C=O) groups is 1. The molecule has 1 amide bonds. The Morgan fingerprint density at radius 1 is 1.37 bits per heavy atom. The molecule has 3 heterocycles. The summed E-state index contributed by atoms with van der Waals surface area (Å²) in [5.41, 5.74) is 1.53. The van der Waals surface area contributed by atoms with Gasteiger partial charge in [0.1, 0.15) is 17.5 Å². The minimum Gasteiger partial charge on any atom is -0.358 e. The number of aromatic amines is 1. The number of hydrogen-bond donors (Lipinski definition) is 2. The number of hydrogen-bond acceptors (Lipinski definition) is 5. The molecule has 0 fully saturated rings. The number of aromatic nitrogens is 4. The van der Waals surface area contributed by atoms with Crippen LogP contribution < -0.4 is 5.32 Å². The van der Waals surface area contributed by atoms with Crippen molar-refractivity contribution in [2.24, 2.45) is 5.92 Å². The molecule has 0 bridgehead atoms. The Morgan fingerprint density at radius 2 is 2.15 bits per heavy atom. The van der Waals surface area contributed by atoms with Gasteiger partial charge in [0.2, 0.25) is 5.91 Å². The number of halogens is 1. The average Bonchev–Trinajstić information content (AvgIpc) is 3.08. The minimum absolute atomic E-state index is 0.0377. The van der Waals surface area contributed by atoms with Gasteiger partial charge in [-0.1, -0.05) is 25.4 Å². The van der Waals surface area contributed by atoms with E-state index in [0.717, 1.165) is 16.6 Å². The van der Waals surface area contributed by atoms with Crippen LogP contribution in [0.5, 0.6) is 0 Å². The van der Waals surface area contributed by atoms with Crippen LogP contribution in [0.4, 0.5) is 5.82 Å². The third-order valence-electron chi connectivity index (χ3n) is 4.48. The Morgan fingerprint density at radius 3 is 2.85 bits per heavy atom. The highest BCUT2D eigenvalue weighted by Crippen LogP contribution is 2.27. The molecule has 0 unspecified atom stereocenters. The summed E-state index contributed by atoms with van der Waals surface area (Å²) in [6.45, 7) is 6.62. The van der Waals surface area contributed by atoms with E-state index in [4.69, 9.17) is 11.6 Å². The van der Waals surface area contributed by atoms with Crippen LogP contribution in [-0.2, 0) is 4.79 Å². The average molecular weight is 387 g/mol. The van der Waals surface area contributed by atoms with Crippen LogP contribution in [0, 0.1) is 5.92 Å². The third-order valence-corrected chi connectivity index (χ3v) is 4.69. The smallest absolute Gasteiger partial charge is 0.245 e. The molecule has 142 valence electrons. The molecule has 0 aromatic carbocycles. The lowest BCUT2D eigenvalue weighted by Gasteiger charge is -2.26. The molecule has 8 heteroatoms. The van der Waals surface area contributed by atoms with Gasteiger partial charge in [0.15, 0.2) is 5.82 Å². The monoisotopic (exact) mass is 386 g/mol. The molecule has 27 heavy (non-hydrogen) atoms. The maximum Gasteiger partial charge on any atom is 0.245 e. The third kappa shape index (κ3) is 4.03. The van der Waals surface area contributed by atoms with E-state index in [0.29, 0.717) is 23.2 Å². The van der Waals surface area contributed by atoms with Crippen molar-refractivity contribution in [2.75, 3.05) is 18.9 Å². The number of nitrogens with zero attached hydrogens (tertiary/aromatic N) is 4. The Kier molecular flexibility index (Phi) is 5.60. The summed E-state index contributed by atoms with van der Waals surface area (Å²) >= 11 is 6.08. The highest BCUT2D eigenvalue weighted by molar-refractivity contribution is 6.31. The molecule has 0 spiro atoms. The summed E-state index contributed by atoms with van der Waals surface area (Å²) in [5, 5.41) is 4.66. The topological polar surface area (TPSA) is 86.8 Å². The Labute approximate surface area is 163 Å². The fraction of sp³-hybridized carbons (Fsp3) is 0.368. The van der Waals surface area contributed by atoms with Crippen LogP contribution in [0.15, 0.2) is 30.7 Å². The maximum absolute atomic E-state index is 12.6. The molecule has 0 saturated carbocycles. The molecule has 3 aromatic heterocycles. The van der Waals surface area contributed by atoms with Gasteiger partial charge in [-0.25, -0.2) is 15.0 Å². The van der Waals surface area contributed by atoms with Crippen molar-refractivity contribution in [3.05, 3.63) is 35.7 Å². The first-order valence-corrected chi connectivity index (χ1v) is 9.26. The number of amides is 1. The Bertz CT molecular complexity index is 954. The van der Waals surface area contributed by atoms with E-state index >= 15 is 0 Å². The van der Waals surface area contributed by atoms with E-state index in [9.17, 15) is 4.79 Å². The van der Waals surface area contributed by atoms with Gasteiger partial charge in [0.05, 0.1) is 5.02 Å². The normalized spacial score (nSPS) is 12.4. The second-order valence-corrected chi connectivity index (χ2v) is 7.17. The lowest BCUT2D eigenvalue weighted by atomic mass is 10.0. The summed E-state index contributed by atoms with van der Waals surface area (Å²) in [6, 6.07) is 3.23.